The lowest BCUT2D eigenvalue weighted by atomic mass is 10.0. The third kappa shape index (κ3) is 4.56. The van der Waals surface area contributed by atoms with E-state index in [1.54, 1.807) is 54.6 Å². The molecule has 0 atom stereocenters. The van der Waals surface area contributed by atoms with Gasteiger partial charge in [-0.25, -0.2) is 4.79 Å². The van der Waals surface area contributed by atoms with Gasteiger partial charge in [0.05, 0.1) is 29.0 Å². The second kappa shape index (κ2) is 8.66. The zero-order chi connectivity index (χ0) is 20.8. The van der Waals surface area contributed by atoms with E-state index in [0.717, 1.165) is 6.07 Å². The predicted molar refractivity (Wildman–Crippen MR) is 109 cm³/mol. The van der Waals surface area contributed by atoms with E-state index in [4.69, 9.17) is 4.74 Å². The molecular formula is C21H17N3O5. The van der Waals surface area contributed by atoms with Crippen molar-refractivity contribution in [3.63, 3.8) is 0 Å². The number of ketones is 1. The molecule has 29 heavy (non-hydrogen) atoms. The fraction of sp³-hybridized carbons (Fsp3) is 0.0476. The number of methoxy groups -OCH3 is 1. The van der Waals surface area contributed by atoms with Gasteiger partial charge in [-0.15, -0.1) is 0 Å². The Morgan fingerprint density at radius 2 is 1.55 bits per heavy atom. The number of nitro benzene ring substituents is 1. The number of para-hydroxylation sites is 2. The molecule has 3 rings (SSSR count). The maximum atomic E-state index is 12.9. The largest absolute Gasteiger partial charge is 0.495 e. The van der Waals surface area contributed by atoms with Crippen LogP contribution in [0.3, 0.4) is 0 Å². The smallest absolute Gasteiger partial charge is 0.323 e. The molecule has 0 fully saturated rings. The lowest BCUT2D eigenvalue weighted by Gasteiger charge is -2.13. The van der Waals surface area contributed by atoms with Crippen LogP contribution in [0.15, 0.2) is 72.8 Å². The summed E-state index contributed by atoms with van der Waals surface area (Å²) in [5.41, 5.74) is 0.698. The highest BCUT2D eigenvalue weighted by Gasteiger charge is 2.20. The number of hydrogen-bond acceptors (Lipinski definition) is 5. The fourth-order valence-electron chi connectivity index (χ4n) is 2.71. The van der Waals surface area contributed by atoms with Gasteiger partial charge in [0.15, 0.2) is 5.78 Å². The molecule has 0 saturated carbocycles. The number of nitro groups is 1. The molecule has 0 heterocycles. The number of benzene rings is 3. The number of rotatable bonds is 6. The number of hydrogen-bond donors (Lipinski definition) is 2. The maximum absolute atomic E-state index is 12.9. The Morgan fingerprint density at radius 1 is 0.897 bits per heavy atom. The van der Waals surface area contributed by atoms with Crippen molar-refractivity contribution in [2.24, 2.45) is 0 Å². The van der Waals surface area contributed by atoms with Crippen LogP contribution in [-0.2, 0) is 0 Å². The first-order chi connectivity index (χ1) is 14.0. The van der Waals surface area contributed by atoms with Crippen LogP contribution < -0.4 is 15.4 Å². The number of anilines is 2. The van der Waals surface area contributed by atoms with Gasteiger partial charge in [0.1, 0.15) is 5.75 Å². The van der Waals surface area contributed by atoms with Crippen LogP contribution in [0.5, 0.6) is 5.75 Å². The number of carbonyl (C=O) groups is 2. The molecule has 3 aromatic rings. The van der Waals surface area contributed by atoms with Crippen molar-refractivity contribution >= 4 is 28.9 Å². The van der Waals surface area contributed by atoms with E-state index in [2.05, 4.69) is 10.6 Å². The lowest BCUT2D eigenvalue weighted by Crippen LogP contribution is -2.21. The molecule has 0 aliphatic heterocycles. The van der Waals surface area contributed by atoms with Gasteiger partial charge in [0, 0.05) is 17.7 Å². The Bertz CT molecular complexity index is 1070. The normalized spacial score (nSPS) is 10.1. The van der Waals surface area contributed by atoms with Crippen molar-refractivity contribution in [2.75, 3.05) is 17.7 Å². The van der Waals surface area contributed by atoms with Crippen molar-refractivity contribution in [3.8, 4) is 5.75 Å². The van der Waals surface area contributed by atoms with E-state index in [0.29, 0.717) is 17.0 Å². The van der Waals surface area contributed by atoms with Crippen molar-refractivity contribution in [1.29, 1.82) is 0 Å². The second-order valence-corrected chi connectivity index (χ2v) is 5.96. The van der Waals surface area contributed by atoms with Crippen molar-refractivity contribution in [2.45, 2.75) is 0 Å². The van der Waals surface area contributed by atoms with Gasteiger partial charge in [0.2, 0.25) is 0 Å². The summed E-state index contributed by atoms with van der Waals surface area (Å²) in [5.74, 6) is 0.0221. The minimum absolute atomic E-state index is 0.0144. The molecule has 0 saturated heterocycles. The van der Waals surface area contributed by atoms with Crippen molar-refractivity contribution < 1.29 is 19.2 Å². The highest BCUT2D eigenvalue weighted by molar-refractivity contribution is 6.15. The van der Waals surface area contributed by atoms with Crippen LogP contribution in [-0.4, -0.2) is 23.8 Å². The Morgan fingerprint density at radius 3 is 2.24 bits per heavy atom. The van der Waals surface area contributed by atoms with Crippen LogP contribution in [0.1, 0.15) is 15.9 Å². The van der Waals surface area contributed by atoms with Crippen LogP contribution in [0, 0.1) is 10.1 Å². The van der Waals surface area contributed by atoms with Crippen LogP contribution in [0.25, 0.3) is 0 Å². The molecule has 8 heteroatoms. The number of non-ortho nitro benzene ring substituents is 1. The van der Waals surface area contributed by atoms with E-state index in [1.165, 1.54) is 19.2 Å². The SMILES string of the molecule is COc1ccccc1NC(=O)Nc1ccc([N+](=O)[O-])cc1C(=O)c1ccccc1. The first-order valence-corrected chi connectivity index (χ1v) is 8.59. The number of ether oxygens (including phenoxy) is 1. The Balaban J connectivity index is 1.91. The summed E-state index contributed by atoms with van der Waals surface area (Å²) in [6.45, 7) is 0. The molecule has 146 valence electrons. The summed E-state index contributed by atoms with van der Waals surface area (Å²) >= 11 is 0. The molecular weight excluding hydrogens is 374 g/mol. The van der Waals surface area contributed by atoms with Crippen LogP contribution in [0.2, 0.25) is 0 Å². The van der Waals surface area contributed by atoms with Gasteiger partial charge in [-0.1, -0.05) is 42.5 Å². The number of nitrogens with one attached hydrogen (secondary N) is 2. The summed E-state index contributed by atoms with van der Waals surface area (Å²) in [5, 5.41) is 16.3. The highest BCUT2D eigenvalue weighted by atomic mass is 16.6. The molecule has 0 bridgehead atoms. The molecule has 2 amide bonds. The van der Waals surface area contributed by atoms with E-state index >= 15 is 0 Å². The van der Waals surface area contributed by atoms with Gasteiger partial charge >= 0.3 is 6.03 Å². The van der Waals surface area contributed by atoms with E-state index < -0.39 is 16.7 Å². The third-order valence-electron chi connectivity index (χ3n) is 4.10. The Kier molecular flexibility index (Phi) is 5.84. The number of nitrogens with zero attached hydrogens (tertiary/aromatic N) is 1. The van der Waals surface area contributed by atoms with Gasteiger partial charge in [-0.3, -0.25) is 14.9 Å². The summed E-state index contributed by atoms with van der Waals surface area (Å²) < 4.78 is 5.19. The average molecular weight is 391 g/mol. The number of carbonyl (C=O) groups excluding carboxylic acids is 2. The van der Waals surface area contributed by atoms with Crippen LogP contribution in [0.4, 0.5) is 21.9 Å². The Labute approximate surface area is 166 Å². The van der Waals surface area contributed by atoms with Crippen LogP contribution >= 0.6 is 0 Å². The summed E-state index contributed by atoms with van der Waals surface area (Å²) in [6.07, 6.45) is 0. The molecule has 8 nitrogen and oxygen atoms in total. The van der Waals surface area contributed by atoms with E-state index in [9.17, 15) is 19.7 Å². The van der Waals surface area contributed by atoms with E-state index in [-0.39, 0.29) is 16.9 Å². The summed E-state index contributed by atoms with van der Waals surface area (Å²) in [4.78, 5) is 35.9. The van der Waals surface area contributed by atoms with Gasteiger partial charge < -0.3 is 15.4 Å². The quantitative estimate of drug-likeness (QED) is 0.366. The fourth-order valence-corrected chi connectivity index (χ4v) is 2.71. The molecule has 0 radical (unpaired) electrons. The van der Waals surface area contributed by atoms with Gasteiger partial charge in [0.25, 0.3) is 5.69 Å². The average Bonchev–Trinajstić information content (AvgIpc) is 2.74. The second-order valence-electron chi connectivity index (χ2n) is 5.96. The van der Waals surface area contributed by atoms with Gasteiger partial charge in [-0.05, 0) is 18.2 Å². The first kappa shape index (κ1) is 19.6. The summed E-state index contributed by atoms with van der Waals surface area (Å²) in [7, 11) is 1.48. The Hall–Kier alpha value is -4.20. The number of urea groups is 1. The molecule has 0 aliphatic rings. The molecule has 2 N–H and O–H groups in total. The molecule has 0 spiro atoms. The predicted octanol–water partition coefficient (Wildman–Crippen LogP) is 4.48. The summed E-state index contributed by atoms with van der Waals surface area (Å²) in [6, 6.07) is 18.2. The minimum Gasteiger partial charge on any atom is -0.495 e. The van der Waals surface area contributed by atoms with E-state index in [1.807, 2.05) is 0 Å². The topological polar surface area (TPSA) is 111 Å². The molecule has 0 aliphatic carbocycles. The minimum atomic E-state index is -0.620. The lowest BCUT2D eigenvalue weighted by molar-refractivity contribution is -0.384. The molecule has 0 aromatic heterocycles. The monoisotopic (exact) mass is 391 g/mol. The zero-order valence-corrected chi connectivity index (χ0v) is 15.4. The molecule has 0 unspecified atom stereocenters. The van der Waals surface area contributed by atoms with Gasteiger partial charge in [-0.2, -0.15) is 0 Å². The highest BCUT2D eigenvalue weighted by Crippen LogP contribution is 2.26. The third-order valence-corrected chi connectivity index (χ3v) is 4.10. The maximum Gasteiger partial charge on any atom is 0.323 e. The standard InChI is InChI=1S/C21H17N3O5/c1-29-19-10-6-5-9-18(19)23-21(26)22-17-12-11-15(24(27)28)13-16(17)20(25)14-7-3-2-4-8-14/h2-13H,1H3,(H2,22,23,26). The first-order valence-electron chi connectivity index (χ1n) is 8.59. The zero-order valence-electron chi connectivity index (χ0n) is 15.4. The van der Waals surface area contributed by atoms with Crippen molar-refractivity contribution in [1.82, 2.24) is 0 Å². The molecule has 3 aromatic carbocycles. The number of amides is 2. The van der Waals surface area contributed by atoms with Crippen molar-refractivity contribution in [3.05, 3.63) is 94.0 Å².